The van der Waals surface area contributed by atoms with Crippen molar-refractivity contribution < 1.29 is 19.1 Å². The molecule has 24 heavy (non-hydrogen) atoms. The van der Waals surface area contributed by atoms with Gasteiger partial charge in [-0.2, -0.15) is 5.26 Å². The van der Waals surface area contributed by atoms with E-state index in [9.17, 15) is 19.6 Å². The number of thiazole rings is 1. The normalized spacial score (nSPS) is 14.2. The Morgan fingerprint density at radius 3 is 2.50 bits per heavy atom. The number of aromatic nitrogens is 1. The van der Waals surface area contributed by atoms with E-state index in [0.29, 0.717) is 0 Å². The summed E-state index contributed by atoms with van der Waals surface area (Å²) in [6.45, 7) is 7.95. The molecule has 0 radical (unpaired) electrons. The van der Waals surface area contributed by atoms with Gasteiger partial charge in [0, 0.05) is 12.3 Å². The van der Waals surface area contributed by atoms with Gasteiger partial charge < -0.3 is 15.4 Å². The van der Waals surface area contributed by atoms with Crippen LogP contribution in [0.25, 0.3) is 0 Å². The van der Waals surface area contributed by atoms with Crippen LogP contribution in [0.2, 0.25) is 0 Å². The predicted octanol–water partition coefficient (Wildman–Crippen LogP) is 1.70. The Balaban J connectivity index is 2.70. The molecule has 8 nitrogen and oxygen atoms in total. The zero-order valence-electron chi connectivity index (χ0n) is 14.2. The van der Waals surface area contributed by atoms with Crippen molar-refractivity contribution in [3.05, 3.63) is 11.1 Å². The summed E-state index contributed by atoms with van der Waals surface area (Å²) in [5, 5.41) is 15.9. The molecule has 0 saturated carbocycles. The quantitative estimate of drug-likeness (QED) is 0.752. The number of esters is 1. The molecular formula is C15H20N4O4S. The summed E-state index contributed by atoms with van der Waals surface area (Å²) in [5.74, 6) is -1.78. The van der Waals surface area contributed by atoms with E-state index in [-0.39, 0.29) is 22.7 Å². The van der Waals surface area contributed by atoms with Gasteiger partial charge in [0.25, 0.3) is 5.91 Å². The summed E-state index contributed by atoms with van der Waals surface area (Å²) in [5.41, 5.74) is -1.06. The lowest BCUT2D eigenvalue weighted by atomic mass is 9.90. The lowest BCUT2D eigenvalue weighted by Crippen LogP contribution is -2.52. The van der Waals surface area contributed by atoms with Gasteiger partial charge in [-0.1, -0.05) is 13.8 Å². The number of rotatable bonds is 6. The fourth-order valence-corrected chi connectivity index (χ4v) is 2.23. The Morgan fingerprint density at radius 1 is 1.38 bits per heavy atom. The Morgan fingerprint density at radius 2 is 2.00 bits per heavy atom. The third-order valence-electron chi connectivity index (χ3n) is 3.42. The average Bonchev–Trinajstić information content (AvgIpc) is 2.94. The molecule has 130 valence electrons. The Labute approximate surface area is 144 Å². The van der Waals surface area contributed by atoms with E-state index in [4.69, 9.17) is 4.74 Å². The minimum Gasteiger partial charge on any atom is -0.448 e. The first-order chi connectivity index (χ1) is 11.1. The molecule has 0 aliphatic carbocycles. The lowest BCUT2D eigenvalue weighted by Gasteiger charge is -2.28. The maximum absolute atomic E-state index is 12.1. The van der Waals surface area contributed by atoms with Gasteiger partial charge >= 0.3 is 5.97 Å². The molecule has 1 heterocycles. The van der Waals surface area contributed by atoms with E-state index in [2.05, 4.69) is 15.6 Å². The number of ether oxygens (including phenoxy) is 1. The number of carbonyl (C=O) groups excluding carboxylic acids is 3. The number of carbonyl (C=O) groups is 3. The van der Waals surface area contributed by atoms with Crippen molar-refractivity contribution >= 4 is 34.3 Å². The molecule has 1 rings (SSSR count). The van der Waals surface area contributed by atoms with Crippen LogP contribution in [0.1, 0.15) is 45.1 Å². The van der Waals surface area contributed by atoms with Crippen molar-refractivity contribution in [3.8, 4) is 6.07 Å². The van der Waals surface area contributed by atoms with Gasteiger partial charge in [-0.15, -0.1) is 11.3 Å². The van der Waals surface area contributed by atoms with Gasteiger partial charge in [0.2, 0.25) is 5.91 Å². The van der Waals surface area contributed by atoms with Crippen LogP contribution in [0.3, 0.4) is 0 Å². The largest absolute Gasteiger partial charge is 0.448 e. The second-order valence-electron chi connectivity index (χ2n) is 5.72. The van der Waals surface area contributed by atoms with Crippen molar-refractivity contribution in [2.75, 3.05) is 5.32 Å². The van der Waals surface area contributed by atoms with Crippen molar-refractivity contribution in [2.24, 2.45) is 5.92 Å². The number of nitrogens with one attached hydrogen (secondary N) is 2. The van der Waals surface area contributed by atoms with E-state index in [1.807, 2.05) is 6.07 Å². The zero-order valence-corrected chi connectivity index (χ0v) is 15.0. The highest BCUT2D eigenvalue weighted by molar-refractivity contribution is 7.14. The second kappa shape index (κ2) is 7.88. The standard InChI is InChI=1S/C15H20N4O4S/c1-8(2)15(5,7-16)19-12(21)9(3)23-13(22)11-6-24-14(18-11)17-10(4)20/h6,8-9H,1-5H3,(H,19,21)(H,17,18,20)/t9-,15-/m0/s1. The summed E-state index contributed by atoms with van der Waals surface area (Å²) < 4.78 is 5.06. The van der Waals surface area contributed by atoms with Gasteiger partial charge in [0.15, 0.2) is 16.9 Å². The molecule has 2 atom stereocenters. The van der Waals surface area contributed by atoms with Crippen molar-refractivity contribution in [3.63, 3.8) is 0 Å². The first kappa shape index (κ1) is 19.6. The van der Waals surface area contributed by atoms with Gasteiger partial charge in [0.1, 0.15) is 5.54 Å². The van der Waals surface area contributed by atoms with Crippen LogP contribution in [0.5, 0.6) is 0 Å². The van der Waals surface area contributed by atoms with Crippen molar-refractivity contribution in [2.45, 2.75) is 46.3 Å². The van der Waals surface area contributed by atoms with E-state index >= 15 is 0 Å². The van der Waals surface area contributed by atoms with Gasteiger partial charge in [-0.3, -0.25) is 9.59 Å². The minimum absolute atomic E-state index is 0.00435. The Bertz CT molecular complexity index is 679. The highest BCUT2D eigenvalue weighted by atomic mass is 32.1. The maximum Gasteiger partial charge on any atom is 0.358 e. The molecule has 0 aromatic carbocycles. The molecule has 0 aliphatic heterocycles. The molecular weight excluding hydrogens is 332 g/mol. The Kier molecular flexibility index (Phi) is 6.42. The van der Waals surface area contributed by atoms with E-state index in [0.717, 1.165) is 11.3 Å². The van der Waals surface area contributed by atoms with Gasteiger partial charge in [0.05, 0.1) is 6.07 Å². The van der Waals surface area contributed by atoms with E-state index in [1.165, 1.54) is 19.2 Å². The molecule has 2 amide bonds. The first-order valence-corrected chi connectivity index (χ1v) is 8.14. The number of anilines is 1. The third kappa shape index (κ3) is 5.03. The van der Waals surface area contributed by atoms with Crippen LogP contribution in [-0.4, -0.2) is 34.4 Å². The van der Waals surface area contributed by atoms with Crippen molar-refractivity contribution in [1.29, 1.82) is 5.26 Å². The molecule has 9 heteroatoms. The van der Waals surface area contributed by atoms with Crippen LogP contribution >= 0.6 is 11.3 Å². The van der Waals surface area contributed by atoms with E-state index < -0.39 is 23.5 Å². The molecule has 0 spiro atoms. The molecule has 0 fully saturated rings. The first-order valence-electron chi connectivity index (χ1n) is 7.26. The number of nitrogens with zero attached hydrogens (tertiary/aromatic N) is 2. The zero-order chi connectivity index (χ0) is 18.5. The molecule has 1 aromatic rings. The van der Waals surface area contributed by atoms with Crippen LogP contribution in [-0.2, 0) is 14.3 Å². The van der Waals surface area contributed by atoms with Gasteiger partial charge in [-0.05, 0) is 19.8 Å². The van der Waals surface area contributed by atoms with Crippen LogP contribution in [0.15, 0.2) is 5.38 Å². The highest BCUT2D eigenvalue weighted by Gasteiger charge is 2.32. The number of hydrogen-bond acceptors (Lipinski definition) is 7. The number of amides is 2. The maximum atomic E-state index is 12.1. The third-order valence-corrected chi connectivity index (χ3v) is 4.18. The molecule has 0 aliphatic rings. The fourth-order valence-electron chi connectivity index (χ4n) is 1.51. The fraction of sp³-hybridized carbons (Fsp3) is 0.533. The summed E-state index contributed by atoms with van der Waals surface area (Å²) in [4.78, 5) is 39.0. The van der Waals surface area contributed by atoms with Crippen LogP contribution in [0, 0.1) is 17.2 Å². The predicted molar refractivity (Wildman–Crippen MR) is 88.3 cm³/mol. The summed E-state index contributed by atoms with van der Waals surface area (Å²) in [6.07, 6.45) is -1.09. The highest BCUT2D eigenvalue weighted by Crippen LogP contribution is 2.18. The lowest BCUT2D eigenvalue weighted by molar-refractivity contribution is -0.130. The van der Waals surface area contributed by atoms with Gasteiger partial charge in [-0.25, -0.2) is 9.78 Å². The summed E-state index contributed by atoms with van der Waals surface area (Å²) in [6, 6.07) is 2.05. The number of nitriles is 1. The molecule has 0 unspecified atom stereocenters. The minimum atomic E-state index is -1.09. The topological polar surface area (TPSA) is 121 Å². The smallest absolute Gasteiger partial charge is 0.358 e. The second-order valence-corrected chi connectivity index (χ2v) is 6.58. The molecule has 2 N–H and O–H groups in total. The molecule has 0 saturated heterocycles. The molecule has 0 bridgehead atoms. The Hall–Kier alpha value is -2.47. The van der Waals surface area contributed by atoms with Crippen LogP contribution in [0.4, 0.5) is 5.13 Å². The summed E-state index contributed by atoms with van der Waals surface area (Å²) >= 11 is 1.07. The number of hydrogen-bond donors (Lipinski definition) is 2. The monoisotopic (exact) mass is 352 g/mol. The van der Waals surface area contributed by atoms with E-state index in [1.54, 1.807) is 20.8 Å². The summed E-state index contributed by atoms with van der Waals surface area (Å²) in [7, 11) is 0. The van der Waals surface area contributed by atoms with Crippen LogP contribution < -0.4 is 10.6 Å². The molecule has 1 aromatic heterocycles. The van der Waals surface area contributed by atoms with Crippen molar-refractivity contribution in [1.82, 2.24) is 10.3 Å². The average molecular weight is 352 g/mol. The SMILES string of the molecule is CC(=O)Nc1nc(C(=O)O[C@@H](C)C(=O)N[C@@](C)(C#N)C(C)C)cs1.